The van der Waals surface area contributed by atoms with E-state index in [2.05, 4.69) is 24.1 Å². The first-order valence-electron chi connectivity index (χ1n) is 10.9. The monoisotopic (exact) mass is 445 g/mol. The van der Waals surface area contributed by atoms with Crippen LogP contribution in [0, 0.1) is 6.92 Å². The molecule has 1 unspecified atom stereocenters. The van der Waals surface area contributed by atoms with Crippen LogP contribution in [0.2, 0.25) is 0 Å². The highest BCUT2D eigenvalue weighted by molar-refractivity contribution is 7.19. The highest BCUT2D eigenvalue weighted by Crippen LogP contribution is 2.35. The lowest BCUT2D eigenvalue weighted by molar-refractivity contribution is -0.118. The summed E-state index contributed by atoms with van der Waals surface area (Å²) in [5, 5.41) is 3.66. The Balaban J connectivity index is 1.75. The fraction of sp³-hybridized carbons (Fsp3) is 0.269. The molecule has 0 aliphatic heterocycles. The molecule has 0 radical (unpaired) electrons. The third-order valence-electron chi connectivity index (χ3n) is 5.92. The fourth-order valence-corrected chi connectivity index (χ4v) is 5.10. The number of thiophene rings is 1. The number of amides is 1. The number of benzene rings is 2. The molecular weight excluding hydrogens is 418 g/mol. The van der Waals surface area contributed by atoms with Crippen molar-refractivity contribution in [3.05, 3.63) is 81.2 Å². The molecule has 2 aromatic heterocycles. The second kappa shape index (κ2) is 9.09. The van der Waals surface area contributed by atoms with Gasteiger partial charge < -0.3 is 5.32 Å². The average molecular weight is 446 g/mol. The molecule has 0 aliphatic carbocycles. The van der Waals surface area contributed by atoms with Crippen molar-refractivity contribution in [1.29, 1.82) is 0 Å². The quantitative estimate of drug-likeness (QED) is 0.410. The van der Waals surface area contributed by atoms with Crippen molar-refractivity contribution in [3.63, 3.8) is 0 Å². The number of nitrogens with zero attached hydrogens (tertiary/aromatic N) is 2. The zero-order valence-electron chi connectivity index (χ0n) is 18.8. The zero-order chi connectivity index (χ0) is 22.8. The van der Waals surface area contributed by atoms with Gasteiger partial charge in [-0.3, -0.25) is 14.2 Å². The topological polar surface area (TPSA) is 64.0 Å². The summed E-state index contributed by atoms with van der Waals surface area (Å²) >= 11 is 1.50. The van der Waals surface area contributed by atoms with Crippen molar-refractivity contribution < 1.29 is 4.79 Å². The Hall–Kier alpha value is -3.25. The lowest BCUT2D eigenvalue weighted by atomic mass is 10.0. The molecule has 1 amide bonds. The number of carbonyl (C=O) groups excluding carboxylic acids is 1. The number of hydrogen-bond acceptors (Lipinski definition) is 4. The maximum atomic E-state index is 13.5. The van der Waals surface area contributed by atoms with Gasteiger partial charge in [0.05, 0.1) is 11.7 Å². The summed E-state index contributed by atoms with van der Waals surface area (Å²) in [7, 11) is 0. The van der Waals surface area contributed by atoms with Gasteiger partial charge in [-0.2, -0.15) is 0 Å². The van der Waals surface area contributed by atoms with Crippen LogP contribution in [0.4, 0.5) is 5.69 Å². The van der Waals surface area contributed by atoms with Crippen LogP contribution < -0.4 is 10.9 Å². The number of nitrogens with one attached hydrogen (secondary N) is 1. The maximum absolute atomic E-state index is 13.5. The molecule has 4 rings (SSSR count). The minimum absolute atomic E-state index is 0.194. The highest BCUT2D eigenvalue weighted by atomic mass is 32.1. The van der Waals surface area contributed by atoms with Crippen LogP contribution in [-0.2, 0) is 17.6 Å². The van der Waals surface area contributed by atoms with Crippen molar-refractivity contribution in [2.24, 2.45) is 0 Å². The molecule has 2 heterocycles. The normalized spacial score (nSPS) is 12.1. The van der Waals surface area contributed by atoms with Crippen molar-refractivity contribution in [2.45, 2.75) is 46.6 Å². The van der Waals surface area contributed by atoms with Crippen LogP contribution >= 0.6 is 11.3 Å². The first-order valence-corrected chi connectivity index (χ1v) is 11.7. The number of aromatic nitrogens is 2. The number of rotatable bonds is 6. The molecule has 0 spiro atoms. The van der Waals surface area contributed by atoms with E-state index in [1.165, 1.54) is 22.2 Å². The van der Waals surface area contributed by atoms with E-state index in [0.717, 1.165) is 45.7 Å². The van der Waals surface area contributed by atoms with Crippen LogP contribution in [0.3, 0.4) is 0 Å². The Morgan fingerprint density at radius 3 is 2.34 bits per heavy atom. The molecule has 32 heavy (non-hydrogen) atoms. The molecule has 0 bridgehead atoms. The molecule has 0 fully saturated rings. The number of aryl methyl sites for hydroxylation is 3. The minimum atomic E-state index is -0.696. The molecular formula is C26H27N3O2S. The van der Waals surface area contributed by atoms with Gasteiger partial charge in [0.25, 0.3) is 5.56 Å². The van der Waals surface area contributed by atoms with Gasteiger partial charge in [-0.15, -0.1) is 11.3 Å². The number of hydrogen-bond donors (Lipinski definition) is 1. The van der Waals surface area contributed by atoms with Gasteiger partial charge >= 0.3 is 0 Å². The molecule has 5 nitrogen and oxygen atoms in total. The Labute approximate surface area is 191 Å². The molecule has 164 valence electrons. The fourth-order valence-electron chi connectivity index (χ4n) is 4.10. The van der Waals surface area contributed by atoms with Crippen molar-refractivity contribution in [2.75, 3.05) is 5.32 Å². The summed E-state index contributed by atoms with van der Waals surface area (Å²) in [6.07, 6.45) is 3.13. The van der Waals surface area contributed by atoms with Gasteiger partial charge in [-0.05, 0) is 43.4 Å². The SMILES string of the molecule is CCc1cccc(CC)c1NC(=O)C(C)n1cnc2sc(C)c(-c3ccccc3)c2c1=O. The van der Waals surface area contributed by atoms with E-state index >= 15 is 0 Å². The van der Waals surface area contributed by atoms with Gasteiger partial charge in [0.15, 0.2) is 0 Å². The third kappa shape index (κ3) is 3.86. The van der Waals surface area contributed by atoms with Crippen molar-refractivity contribution in [3.8, 4) is 11.1 Å². The van der Waals surface area contributed by atoms with Gasteiger partial charge in [0, 0.05) is 16.1 Å². The first-order chi connectivity index (χ1) is 15.5. The molecule has 6 heteroatoms. The second-order valence-electron chi connectivity index (χ2n) is 7.86. The Morgan fingerprint density at radius 1 is 1.06 bits per heavy atom. The lowest BCUT2D eigenvalue weighted by Crippen LogP contribution is -2.32. The molecule has 0 aliphatic rings. The van der Waals surface area contributed by atoms with E-state index in [-0.39, 0.29) is 11.5 Å². The molecule has 1 atom stereocenters. The largest absolute Gasteiger partial charge is 0.324 e. The van der Waals surface area contributed by atoms with Crippen LogP contribution in [0.15, 0.2) is 59.7 Å². The predicted molar refractivity (Wildman–Crippen MR) is 133 cm³/mol. The smallest absolute Gasteiger partial charge is 0.263 e. The third-order valence-corrected chi connectivity index (χ3v) is 6.93. The summed E-state index contributed by atoms with van der Waals surface area (Å²) in [5.41, 5.74) is 4.72. The standard InChI is InChI=1S/C26H27N3O2S/c1-5-18-13-10-14-19(6-2)23(18)28-24(30)16(3)29-15-27-25-22(26(29)31)21(17(4)32-25)20-11-8-7-9-12-20/h7-16H,5-6H2,1-4H3,(H,28,30). The summed E-state index contributed by atoms with van der Waals surface area (Å²) in [4.78, 5) is 33.0. The second-order valence-corrected chi connectivity index (χ2v) is 9.06. The Bertz CT molecular complexity index is 1320. The summed E-state index contributed by atoms with van der Waals surface area (Å²) in [6.45, 7) is 7.88. The van der Waals surface area contributed by atoms with Gasteiger partial charge in [-0.25, -0.2) is 4.98 Å². The van der Waals surface area contributed by atoms with E-state index in [9.17, 15) is 9.59 Å². The van der Waals surface area contributed by atoms with E-state index in [4.69, 9.17) is 0 Å². The van der Waals surface area contributed by atoms with Crippen molar-refractivity contribution >= 4 is 33.1 Å². The predicted octanol–water partition coefficient (Wildman–Crippen LogP) is 5.76. The molecule has 1 N–H and O–H groups in total. The summed E-state index contributed by atoms with van der Waals surface area (Å²) < 4.78 is 1.44. The lowest BCUT2D eigenvalue weighted by Gasteiger charge is -2.19. The van der Waals surface area contributed by atoms with Gasteiger partial charge in [0.1, 0.15) is 10.9 Å². The molecule has 2 aromatic carbocycles. The van der Waals surface area contributed by atoms with E-state index in [0.29, 0.717) is 10.2 Å². The summed E-state index contributed by atoms with van der Waals surface area (Å²) in [5.74, 6) is -0.225. The first kappa shape index (κ1) is 22.0. The highest BCUT2D eigenvalue weighted by Gasteiger charge is 2.23. The van der Waals surface area contributed by atoms with Crippen LogP contribution in [0.25, 0.3) is 21.3 Å². The Morgan fingerprint density at radius 2 is 1.72 bits per heavy atom. The van der Waals surface area contributed by atoms with Gasteiger partial charge in [0.2, 0.25) is 5.91 Å². The Kier molecular flexibility index (Phi) is 6.24. The number of anilines is 1. The van der Waals surface area contributed by atoms with Crippen LogP contribution in [-0.4, -0.2) is 15.5 Å². The van der Waals surface area contributed by atoms with E-state index < -0.39 is 6.04 Å². The minimum Gasteiger partial charge on any atom is -0.324 e. The molecule has 0 saturated heterocycles. The average Bonchev–Trinajstić information content (AvgIpc) is 3.16. The van der Waals surface area contributed by atoms with Gasteiger partial charge in [-0.1, -0.05) is 62.4 Å². The molecule has 0 saturated carbocycles. The molecule has 4 aromatic rings. The van der Waals surface area contributed by atoms with Crippen LogP contribution in [0.1, 0.15) is 42.8 Å². The van der Waals surface area contributed by atoms with Crippen LogP contribution in [0.5, 0.6) is 0 Å². The van der Waals surface area contributed by atoms with E-state index in [1.54, 1.807) is 6.92 Å². The number of para-hydroxylation sites is 1. The number of carbonyl (C=O) groups is 1. The van der Waals surface area contributed by atoms with E-state index in [1.807, 2.05) is 55.5 Å². The maximum Gasteiger partial charge on any atom is 0.263 e. The number of fused-ring (bicyclic) bond motifs is 1. The summed E-state index contributed by atoms with van der Waals surface area (Å²) in [6, 6.07) is 15.2. The van der Waals surface area contributed by atoms with Crippen molar-refractivity contribution in [1.82, 2.24) is 9.55 Å². The zero-order valence-corrected chi connectivity index (χ0v) is 19.6.